The minimum Gasteiger partial charge on any atom is -0.504 e. The van der Waals surface area contributed by atoms with Crippen molar-refractivity contribution >= 4 is 0 Å². The van der Waals surface area contributed by atoms with Crippen LogP contribution in [-0.4, -0.2) is 52.9 Å². The highest BCUT2D eigenvalue weighted by Crippen LogP contribution is 2.47. The molecule has 2 rings (SSSR count). The third kappa shape index (κ3) is 5.72. The molecule has 2 N–H and O–H groups in total. The van der Waals surface area contributed by atoms with Gasteiger partial charge in [-0.2, -0.15) is 0 Å². The van der Waals surface area contributed by atoms with Crippen molar-refractivity contribution < 1.29 is 38.6 Å². The standard InChI is InChI=1S/2C12H16O4/c1-5-6-8-7-9(14-2)10(13)12(16-4)11(8)15-3;1-5-6-8-7-9(13)11(15-3)12(16-4)10(8)14-2/h2*5,7,13H,1,6H2,2-4H3. The van der Waals surface area contributed by atoms with Gasteiger partial charge in [0.25, 0.3) is 0 Å². The number of benzene rings is 2. The van der Waals surface area contributed by atoms with Crippen molar-refractivity contribution in [3.8, 4) is 46.0 Å². The molecule has 0 amide bonds. The Labute approximate surface area is 189 Å². The lowest BCUT2D eigenvalue weighted by molar-refractivity contribution is 0.309. The van der Waals surface area contributed by atoms with Crippen LogP contribution >= 0.6 is 0 Å². The van der Waals surface area contributed by atoms with Crippen molar-refractivity contribution in [1.82, 2.24) is 0 Å². The second-order valence-electron chi connectivity index (χ2n) is 6.29. The van der Waals surface area contributed by atoms with E-state index in [2.05, 4.69) is 13.2 Å². The van der Waals surface area contributed by atoms with E-state index >= 15 is 0 Å². The zero-order chi connectivity index (χ0) is 24.3. The number of rotatable bonds is 10. The molecule has 0 aromatic heterocycles. The van der Waals surface area contributed by atoms with Crippen LogP contribution in [0.4, 0.5) is 0 Å². The van der Waals surface area contributed by atoms with E-state index in [1.807, 2.05) is 0 Å². The maximum absolute atomic E-state index is 9.84. The third-order valence-corrected chi connectivity index (χ3v) is 4.47. The largest absolute Gasteiger partial charge is 0.504 e. The fraction of sp³-hybridized carbons (Fsp3) is 0.333. The lowest BCUT2D eigenvalue weighted by atomic mass is 10.1. The molecule has 0 saturated heterocycles. The van der Waals surface area contributed by atoms with Gasteiger partial charge in [0, 0.05) is 11.1 Å². The number of hydrogen-bond acceptors (Lipinski definition) is 8. The Morgan fingerprint density at radius 2 is 1.06 bits per heavy atom. The molecule has 0 atom stereocenters. The second-order valence-corrected chi connectivity index (χ2v) is 6.29. The molecule has 0 radical (unpaired) electrons. The molecule has 0 bridgehead atoms. The first-order valence-electron chi connectivity index (χ1n) is 9.62. The summed E-state index contributed by atoms with van der Waals surface area (Å²) >= 11 is 0. The minimum atomic E-state index is -0.0605. The van der Waals surface area contributed by atoms with Gasteiger partial charge in [-0.1, -0.05) is 12.2 Å². The van der Waals surface area contributed by atoms with Crippen molar-refractivity contribution in [2.45, 2.75) is 12.8 Å². The summed E-state index contributed by atoms with van der Waals surface area (Å²) in [6, 6.07) is 3.29. The summed E-state index contributed by atoms with van der Waals surface area (Å²) in [7, 11) is 8.98. The number of methoxy groups -OCH3 is 6. The fourth-order valence-electron chi connectivity index (χ4n) is 3.11. The molecule has 2 aromatic rings. The van der Waals surface area contributed by atoms with Crippen LogP contribution in [0.25, 0.3) is 0 Å². The molecule has 8 nitrogen and oxygen atoms in total. The van der Waals surface area contributed by atoms with Crippen molar-refractivity contribution in [3.05, 3.63) is 48.6 Å². The molecule has 0 spiro atoms. The van der Waals surface area contributed by atoms with Gasteiger partial charge in [0.15, 0.2) is 23.0 Å². The van der Waals surface area contributed by atoms with E-state index in [1.54, 1.807) is 31.4 Å². The summed E-state index contributed by atoms with van der Waals surface area (Å²) in [4.78, 5) is 0. The van der Waals surface area contributed by atoms with E-state index in [0.29, 0.717) is 35.8 Å². The topological polar surface area (TPSA) is 95.8 Å². The Hall–Kier alpha value is -3.68. The molecule has 0 unspecified atom stereocenters. The van der Waals surface area contributed by atoms with Gasteiger partial charge in [-0.25, -0.2) is 0 Å². The van der Waals surface area contributed by atoms with Gasteiger partial charge in [-0.15, -0.1) is 13.2 Å². The van der Waals surface area contributed by atoms with E-state index in [9.17, 15) is 10.2 Å². The number of allylic oxidation sites excluding steroid dienone is 2. The van der Waals surface area contributed by atoms with Gasteiger partial charge in [0.2, 0.25) is 23.0 Å². The Bertz CT molecular complexity index is 921. The maximum Gasteiger partial charge on any atom is 0.207 e. The van der Waals surface area contributed by atoms with Crippen molar-refractivity contribution in [2.75, 3.05) is 42.7 Å². The molecule has 0 aliphatic carbocycles. The molecule has 8 heteroatoms. The van der Waals surface area contributed by atoms with Crippen LogP contribution in [0.2, 0.25) is 0 Å². The normalized spacial score (nSPS) is 9.69. The van der Waals surface area contributed by atoms with Crippen LogP contribution in [0.3, 0.4) is 0 Å². The van der Waals surface area contributed by atoms with Gasteiger partial charge in [-0.3, -0.25) is 0 Å². The highest BCUT2D eigenvalue weighted by molar-refractivity contribution is 5.63. The van der Waals surface area contributed by atoms with Crippen LogP contribution in [-0.2, 0) is 12.8 Å². The van der Waals surface area contributed by atoms with Gasteiger partial charge in [0.05, 0.1) is 42.7 Å². The van der Waals surface area contributed by atoms with E-state index < -0.39 is 0 Å². The minimum absolute atomic E-state index is 0.0250. The Balaban J connectivity index is 0.000000320. The average Bonchev–Trinajstić information content (AvgIpc) is 2.79. The van der Waals surface area contributed by atoms with Crippen molar-refractivity contribution in [2.24, 2.45) is 0 Å². The van der Waals surface area contributed by atoms with Crippen molar-refractivity contribution in [3.63, 3.8) is 0 Å². The third-order valence-electron chi connectivity index (χ3n) is 4.47. The van der Waals surface area contributed by atoms with Crippen LogP contribution in [0.5, 0.6) is 46.0 Å². The summed E-state index contributed by atoms with van der Waals surface area (Å²) in [5.41, 5.74) is 1.65. The monoisotopic (exact) mass is 448 g/mol. The van der Waals surface area contributed by atoms with Crippen LogP contribution in [0.1, 0.15) is 11.1 Å². The number of ether oxygens (including phenoxy) is 6. The maximum atomic E-state index is 9.84. The summed E-state index contributed by atoms with van der Waals surface area (Å²) in [6.45, 7) is 7.31. The van der Waals surface area contributed by atoms with E-state index in [-0.39, 0.29) is 23.0 Å². The Morgan fingerprint density at radius 1 is 0.625 bits per heavy atom. The SMILES string of the molecule is C=CCc1cc(O)c(OC)c(OC)c1OC.C=CCc1cc(OC)c(O)c(OC)c1OC. The number of aromatic hydroxyl groups is 2. The van der Waals surface area contributed by atoms with Gasteiger partial charge in [0.1, 0.15) is 0 Å². The van der Waals surface area contributed by atoms with Gasteiger partial charge < -0.3 is 38.6 Å². The Morgan fingerprint density at radius 3 is 1.47 bits per heavy atom. The zero-order valence-electron chi connectivity index (χ0n) is 19.5. The molecule has 32 heavy (non-hydrogen) atoms. The molecular weight excluding hydrogens is 416 g/mol. The molecular formula is C24H32O8. The quantitative estimate of drug-likeness (QED) is 0.520. The average molecular weight is 449 g/mol. The number of hydrogen-bond donors (Lipinski definition) is 2. The molecule has 0 fully saturated rings. The van der Waals surface area contributed by atoms with Gasteiger partial charge in [-0.05, 0) is 25.0 Å². The number of phenols is 2. The molecule has 176 valence electrons. The fourth-order valence-corrected chi connectivity index (χ4v) is 3.11. The van der Waals surface area contributed by atoms with Gasteiger partial charge >= 0.3 is 0 Å². The van der Waals surface area contributed by atoms with E-state index in [1.165, 1.54) is 35.5 Å². The second kappa shape index (κ2) is 12.9. The molecule has 0 aliphatic heterocycles. The molecule has 0 heterocycles. The predicted molar refractivity (Wildman–Crippen MR) is 123 cm³/mol. The summed E-state index contributed by atoms with van der Waals surface area (Å²) in [5, 5.41) is 19.6. The zero-order valence-corrected chi connectivity index (χ0v) is 19.5. The van der Waals surface area contributed by atoms with Crippen LogP contribution in [0, 0.1) is 0 Å². The van der Waals surface area contributed by atoms with Crippen LogP contribution < -0.4 is 28.4 Å². The first kappa shape index (κ1) is 26.4. The smallest absolute Gasteiger partial charge is 0.207 e. The summed E-state index contributed by atoms with van der Waals surface area (Å²) < 4.78 is 30.9. The Kier molecular flexibility index (Phi) is 10.6. The summed E-state index contributed by atoms with van der Waals surface area (Å²) in [6.07, 6.45) is 4.66. The molecule has 2 aromatic carbocycles. The number of phenolic OH excluding ortho intramolecular Hbond substituents is 2. The van der Waals surface area contributed by atoms with Crippen LogP contribution in [0.15, 0.2) is 37.4 Å². The summed E-state index contributed by atoms with van der Waals surface area (Å²) in [5.74, 6) is 2.31. The van der Waals surface area contributed by atoms with E-state index in [4.69, 9.17) is 28.4 Å². The lowest BCUT2D eigenvalue weighted by Crippen LogP contribution is -1.98. The lowest BCUT2D eigenvalue weighted by Gasteiger charge is -2.16. The highest BCUT2D eigenvalue weighted by Gasteiger charge is 2.20. The molecule has 0 aliphatic rings. The van der Waals surface area contributed by atoms with Crippen molar-refractivity contribution in [1.29, 1.82) is 0 Å². The first-order valence-corrected chi connectivity index (χ1v) is 9.62. The molecule has 0 saturated carbocycles. The first-order chi connectivity index (χ1) is 15.4. The highest BCUT2D eigenvalue weighted by atomic mass is 16.5. The van der Waals surface area contributed by atoms with E-state index in [0.717, 1.165) is 11.1 Å². The predicted octanol–water partition coefficient (Wildman–Crippen LogP) is 4.29.